The van der Waals surface area contributed by atoms with Gasteiger partial charge in [0.1, 0.15) is 5.69 Å². The van der Waals surface area contributed by atoms with Gasteiger partial charge < -0.3 is 14.8 Å². The van der Waals surface area contributed by atoms with Gasteiger partial charge in [-0.3, -0.25) is 19.0 Å². The second-order valence-corrected chi connectivity index (χ2v) is 11.2. The molecule has 1 amide bonds. The van der Waals surface area contributed by atoms with Crippen molar-refractivity contribution in [1.82, 2.24) is 14.7 Å². The van der Waals surface area contributed by atoms with Crippen molar-refractivity contribution < 1.29 is 27.5 Å². The number of halogens is 1. The first kappa shape index (κ1) is 28.4. The second kappa shape index (κ2) is 11.6. The molecule has 2 N–H and O–H groups in total. The fraction of sp³-hybridized carbons (Fsp3) is 0.346. The number of anilines is 1. The van der Waals surface area contributed by atoms with Crippen molar-refractivity contribution in [3.8, 4) is 5.69 Å². The minimum Gasteiger partial charge on any atom is -0.449 e. The monoisotopic (exact) mass is 576 g/mol. The van der Waals surface area contributed by atoms with Gasteiger partial charge in [0, 0.05) is 20.2 Å². The average molecular weight is 577 g/mol. The van der Waals surface area contributed by atoms with E-state index in [1.165, 1.54) is 28.4 Å². The van der Waals surface area contributed by atoms with Crippen LogP contribution in [0.1, 0.15) is 35.8 Å². The molecular weight excluding hydrogens is 548 g/mol. The number of hydrogen-bond acceptors (Lipinski definition) is 7. The van der Waals surface area contributed by atoms with Gasteiger partial charge in [0.2, 0.25) is 0 Å². The third-order valence-corrected chi connectivity index (χ3v) is 8.12. The molecule has 1 aliphatic rings. The van der Waals surface area contributed by atoms with Crippen molar-refractivity contribution in [2.75, 3.05) is 17.9 Å². The fourth-order valence-corrected chi connectivity index (χ4v) is 5.48. The van der Waals surface area contributed by atoms with Crippen LogP contribution in [0, 0.1) is 6.92 Å². The maximum Gasteiger partial charge on any atom is 0.340 e. The molecule has 3 aromatic rings. The molecule has 1 fully saturated rings. The van der Waals surface area contributed by atoms with Crippen LogP contribution < -0.4 is 15.6 Å². The lowest BCUT2D eigenvalue weighted by Crippen LogP contribution is -2.39. The Balaban J connectivity index is 1.52. The number of carbonyl (C=O) groups is 2. The Morgan fingerprint density at radius 2 is 1.92 bits per heavy atom. The van der Waals surface area contributed by atoms with Crippen LogP contribution >= 0.6 is 11.6 Å². The highest BCUT2D eigenvalue weighted by molar-refractivity contribution is 7.92. The summed E-state index contributed by atoms with van der Waals surface area (Å²) in [5, 5.41) is 2.61. The topological polar surface area (TPSA) is 138 Å². The van der Waals surface area contributed by atoms with E-state index in [4.69, 9.17) is 21.1 Å². The van der Waals surface area contributed by atoms with Crippen molar-refractivity contribution in [2.24, 2.45) is 7.05 Å². The number of carbonyl (C=O) groups excluding carboxylic acids is 2. The predicted octanol–water partition coefficient (Wildman–Crippen LogP) is 2.78. The summed E-state index contributed by atoms with van der Waals surface area (Å²) >= 11 is 6.16. The van der Waals surface area contributed by atoms with Gasteiger partial charge in [-0.2, -0.15) is 0 Å². The molecule has 0 bridgehead atoms. The maximum atomic E-state index is 13.3. The van der Waals surface area contributed by atoms with Crippen molar-refractivity contribution in [3.63, 3.8) is 0 Å². The Hall–Kier alpha value is -3.61. The molecule has 0 saturated carbocycles. The summed E-state index contributed by atoms with van der Waals surface area (Å²) in [6, 6.07) is 12.2. The van der Waals surface area contributed by atoms with Crippen LogP contribution in [0.5, 0.6) is 0 Å². The third kappa shape index (κ3) is 6.18. The minimum atomic E-state index is -4.32. The number of aromatic nitrogens is 2. The first-order chi connectivity index (χ1) is 18.5. The minimum absolute atomic E-state index is 0.0618. The van der Waals surface area contributed by atoms with Crippen molar-refractivity contribution >= 4 is 39.2 Å². The van der Waals surface area contributed by atoms with Crippen molar-refractivity contribution in [1.29, 1.82) is 0 Å². The van der Waals surface area contributed by atoms with Crippen LogP contribution in [0.15, 0.2) is 58.2 Å². The van der Waals surface area contributed by atoms with E-state index in [-0.39, 0.29) is 27.3 Å². The standard InChI is InChI=1S/C26H29ClN4O7S/c1-16-23(25(33)31(30(16)3)18-8-5-4-6-9-18)29-39(35,36)20-11-12-22(27)21(14-20)26(34)38-17(2)24(32)28-15-19-10-7-13-37-19/h4-6,8-9,11-12,14,17,19,29H,7,10,13,15H2,1-3H3,(H,28,32)/t17-,19-/m1/s1. The molecule has 0 aliphatic carbocycles. The van der Waals surface area contributed by atoms with E-state index in [0.717, 1.165) is 18.9 Å². The summed E-state index contributed by atoms with van der Waals surface area (Å²) in [6.45, 7) is 3.94. The van der Waals surface area contributed by atoms with E-state index in [0.29, 0.717) is 24.5 Å². The summed E-state index contributed by atoms with van der Waals surface area (Å²) in [7, 11) is -2.68. The largest absolute Gasteiger partial charge is 0.449 e. The predicted molar refractivity (Wildman–Crippen MR) is 145 cm³/mol. The zero-order valence-electron chi connectivity index (χ0n) is 21.6. The molecule has 2 atom stereocenters. The second-order valence-electron chi connectivity index (χ2n) is 9.11. The van der Waals surface area contributed by atoms with Gasteiger partial charge in [-0.25, -0.2) is 17.9 Å². The highest BCUT2D eigenvalue weighted by Gasteiger charge is 2.26. The van der Waals surface area contributed by atoms with Crippen molar-refractivity contribution in [3.05, 3.63) is 75.2 Å². The summed E-state index contributed by atoms with van der Waals surface area (Å²) in [5.74, 6) is -1.49. The number of nitrogens with one attached hydrogen (secondary N) is 2. The van der Waals surface area contributed by atoms with Crippen molar-refractivity contribution in [2.45, 2.75) is 43.8 Å². The highest BCUT2D eigenvalue weighted by atomic mass is 35.5. The fourth-order valence-electron chi connectivity index (χ4n) is 4.15. The number of amides is 1. The summed E-state index contributed by atoms with van der Waals surface area (Å²) in [6.07, 6.45) is 0.523. The molecule has 4 rings (SSSR count). The lowest BCUT2D eigenvalue weighted by atomic mass is 10.2. The number of esters is 1. The van der Waals surface area contributed by atoms with Gasteiger partial charge in [0.25, 0.3) is 21.5 Å². The molecule has 208 valence electrons. The van der Waals surface area contributed by atoms with Crippen LogP contribution in [0.4, 0.5) is 5.69 Å². The molecule has 1 aromatic heterocycles. The maximum absolute atomic E-state index is 13.3. The number of para-hydroxylation sites is 1. The number of benzene rings is 2. The summed E-state index contributed by atoms with van der Waals surface area (Å²) in [5.41, 5.74) is -0.0177. The van der Waals surface area contributed by atoms with Gasteiger partial charge in [-0.15, -0.1) is 0 Å². The smallest absolute Gasteiger partial charge is 0.340 e. The number of nitrogens with zero attached hydrogens (tertiary/aromatic N) is 2. The highest BCUT2D eigenvalue weighted by Crippen LogP contribution is 2.24. The van der Waals surface area contributed by atoms with Crippen LogP contribution in [-0.4, -0.2) is 55.0 Å². The quantitative estimate of drug-likeness (QED) is 0.374. The first-order valence-electron chi connectivity index (χ1n) is 12.3. The van der Waals surface area contributed by atoms with Crippen LogP contribution in [0.3, 0.4) is 0 Å². The average Bonchev–Trinajstić information content (AvgIpc) is 3.50. The SMILES string of the molecule is Cc1c(NS(=O)(=O)c2ccc(Cl)c(C(=O)O[C@H](C)C(=O)NC[C@H]3CCCO3)c2)c(=O)n(-c2ccccc2)n1C. The molecule has 2 heterocycles. The van der Waals surface area contributed by atoms with Crippen LogP contribution in [-0.2, 0) is 31.3 Å². The van der Waals surface area contributed by atoms with E-state index in [2.05, 4.69) is 10.0 Å². The third-order valence-electron chi connectivity index (χ3n) is 6.44. The Bertz CT molecular complexity index is 1540. The molecule has 0 unspecified atom stereocenters. The Morgan fingerprint density at radius 1 is 1.21 bits per heavy atom. The molecule has 39 heavy (non-hydrogen) atoms. The van der Waals surface area contributed by atoms with E-state index < -0.39 is 33.6 Å². The van der Waals surface area contributed by atoms with E-state index in [1.807, 2.05) is 0 Å². The molecular formula is C26H29ClN4O7S. The Kier molecular flexibility index (Phi) is 8.48. The number of sulfonamides is 1. The number of ether oxygens (including phenoxy) is 2. The Labute approximate surface area is 230 Å². The number of rotatable bonds is 9. The zero-order chi connectivity index (χ0) is 28.3. The van der Waals surface area contributed by atoms with Gasteiger partial charge in [-0.05, 0) is 57.0 Å². The lowest BCUT2D eigenvalue weighted by molar-refractivity contribution is -0.129. The van der Waals surface area contributed by atoms with Crippen LogP contribution in [0.25, 0.3) is 5.69 Å². The van der Waals surface area contributed by atoms with E-state index in [9.17, 15) is 22.8 Å². The Morgan fingerprint density at radius 3 is 2.59 bits per heavy atom. The van der Waals surface area contributed by atoms with Gasteiger partial charge in [0.15, 0.2) is 6.10 Å². The molecule has 0 spiro atoms. The number of hydrogen-bond donors (Lipinski definition) is 2. The molecule has 11 nitrogen and oxygen atoms in total. The zero-order valence-corrected chi connectivity index (χ0v) is 23.2. The molecule has 2 aromatic carbocycles. The molecule has 0 radical (unpaired) electrons. The van der Waals surface area contributed by atoms with Gasteiger partial charge in [-0.1, -0.05) is 29.8 Å². The molecule has 1 saturated heterocycles. The van der Waals surface area contributed by atoms with E-state index in [1.54, 1.807) is 44.3 Å². The molecule has 1 aliphatic heterocycles. The van der Waals surface area contributed by atoms with E-state index >= 15 is 0 Å². The van der Waals surface area contributed by atoms with Gasteiger partial charge in [0.05, 0.1) is 33.0 Å². The first-order valence-corrected chi connectivity index (χ1v) is 14.1. The summed E-state index contributed by atoms with van der Waals surface area (Å²) in [4.78, 5) is 38.0. The summed E-state index contributed by atoms with van der Waals surface area (Å²) < 4.78 is 42.4. The normalized spacial score (nSPS) is 16.1. The van der Waals surface area contributed by atoms with Gasteiger partial charge >= 0.3 is 5.97 Å². The lowest BCUT2D eigenvalue weighted by Gasteiger charge is -2.16. The van der Waals surface area contributed by atoms with Crippen LogP contribution in [0.2, 0.25) is 5.02 Å². The molecule has 13 heteroatoms.